The van der Waals surface area contributed by atoms with Crippen LogP contribution in [0.3, 0.4) is 0 Å². The maximum absolute atomic E-state index is 5.59. The van der Waals surface area contributed by atoms with Gasteiger partial charge in [-0.05, 0) is 25.0 Å². The number of nitrogens with zero attached hydrogens (tertiary/aromatic N) is 2. The average molecular weight is 300 g/mol. The number of aromatic nitrogens is 2. The first-order chi connectivity index (χ1) is 10.8. The van der Waals surface area contributed by atoms with Crippen molar-refractivity contribution in [2.24, 2.45) is 0 Å². The van der Waals surface area contributed by atoms with Crippen LogP contribution in [0.2, 0.25) is 0 Å². The third-order valence-corrected chi connectivity index (χ3v) is 3.57. The Hall–Kier alpha value is -2.34. The van der Waals surface area contributed by atoms with Crippen molar-refractivity contribution in [3.05, 3.63) is 36.7 Å². The average Bonchev–Trinajstić information content (AvgIpc) is 3.07. The van der Waals surface area contributed by atoms with Gasteiger partial charge in [-0.1, -0.05) is 12.1 Å². The van der Waals surface area contributed by atoms with Gasteiger partial charge in [0.2, 0.25) is 0 Å². The van der Waals surface area contributed by atoms with E-state index in [9.17, 15) is 0 Å². The summed E-state index contributed by atoms with van der Waals surface area (Å²) in [6.45, 7) is 1.63. The summed E-state index contributed by atoms with van der Waals surface area (Å²) in [5.41, 5.74) is 0.869. The molecule has 6 nitrogen and oxygen atoms in total. The maximum atomic E-state index is 5.59. The highest BCUT2D eigenvalue weighted by Gasteiger charge is 2.15. The number of rotatable bonds is 6. The second-order valence-electron chi connectivity index (χ2n) is 5.13. The zero-order valence-electron chi connectivity index (χ0n) is 12.6. The van der Waals surface area contributed by atoms with Crippen LogP contribution < -0.4 is 15.4 Å². The molecule has 0 aliphatic carbocycles. The first-order valence-corrected chi connectivity index (χ1v) is 7.43. The zero-order chi connectivity index (χ0) is 15.2. The van der Waals surface area contributed by atoms with Crippen LogP contribution >= 0.6 is 0 Å². The highest BCUT2D eigenvalue weighted by molar-refractivity contribution is 5.65. The van der Waals surface area contributed by atoms with Gasteiger partial charge in [0.15, 0.2) is 0 Å². The van der Waals surface area contributed by atoms with Crippen LogP contribution in [0.4, 0.5) is 17.3 Å². The number of benzene rings is 1. The molecule has 1 unspecified atom stereocenters. The third kappa shape index (κ3) is 3.65. The highest BCUT2D eigenvalue weighted by Crippen LogP contribution is 2.26. The standard InChI is InChI=1S/C16H20N4O2/c1-21-14-7-3-2-6-13(14)20-16-9-15(18-11-19-16)17-10-12-5-4-8-22-12/h2-3,6-7,9,11-12H,4-5,8,10H2,1H3,(H2,17,18,19,20). The largest absolute Gasteiger partial charge is 0.495 e. The Morgan fingerprint density at radius 3 is 2.95 bits per heavy atom. The smallest absolute Gasteiger partial charge is 0.142 e. The Bertz CT molecular complexity index is 615. The number of ether oxygens (including phenoxy) is 2. The van der Waals surface area contributed by atoms with Crippen LogP contribution in [0, 0.1) is 0 Å². The van der Waals surface area contributed by atoms with Crippen molar-refractivity contribution < 1.29 is 9.47 Å². The summed E-state index contributed by atoms with van der Waals surface area (Å²) in [5.74, 6) is 2.27. The summed E-state index contributed by atoms with van der Waals surface area (Å²) in [7, 11) is 1.65. The first kappa shape index (κ1) is 14.6. The lowest BCUT2D eigenvalue weighted by atomic mass is 10.2. The summed E-state index contributed by atoms with van der Waals surface area (Å²) in [6.07, 6.45) is 4.05. The van der Waals surface area contributed by atoms with E-state index >= 15 is 0 Å². The van der Waals surface area contributed by atoms with Crippen molar-refractivity contribution in [3.63, 3.8) is 0 Å². The van der Waals surface area contributed by atoms with Crippen LogP contribution in [0.25, 0.3) is 0 Å². The van der Waals surface area contributed by atoms with Crippen LogP contribution in [0.5, 0.6) is 5.75 Å². The Morgan fingerprint density at radius 1 is 1.27 bits per heavy atom. The van der Waals surface area contributed by atoms with Crippen LogP contribution in [-0.2, 0) is 4.74 Å². The fraction of sp³-hybridized carbons (Fsp3) is 0.375. The van der Waals surface area contributed by atoms with E-state index in [0.29, 0.717) is 5.82 Å². The fourth-order valence-corrected chi connectivity index (χ4v) is 2.43. The molecule has 1 aliphatic heterocycles. The SMILES string of the molecule is COc1ccccc1Nc1cc(NCC2CCCO2)ncn1. The number of anilines is 3. The van der Waals surface area contributed by atoms with Gasteiger partial charge >= 0.3 is 0 Å². The molecule has 1 aromatic carbocycles. The van der Waals surface area contributed by atoms with E-state index in [1.165, 1.54) is 6.33 Å². The van der Waals surface area contributed by atoms with E-state index in [0.717, 1.165) is 43.2 Å². The molecule has 1 aliphatic rings. The Morgan fingerprint density at radius 2 is 2.14 bits per heavy atom. The minimum atomic E-state index is 0.278. The predicted octanol–water partition coefficient (Wildman–Crippen LogP) is 2.82. The van der Waals surface area contributed by atoms with Crippen molar-refractivity contribution >= 4 is 17.3 Å². The molecule has 1 fully saturated rings. The highest BCUT2D eigenvalue weighted by atomic mass is 16.5. The number of para-hydroxylation sites is 2. The predicted molar refractivity (Wildman–Crippen MR) is 85.8 cm³/mol. The molecule has 0 saturated carbocycles. The lowest BCUT2D eigenvalue weighted by Gasteiger charge is -2.13. The monoisotopic (exact) mass is 300 g/mol. The number of hydrogen-bond acceptors (Lipinski definition) is 6. The number of nitrogens with one attached hydrogen (secondary N) is 2. The minimum absolute atomic E-state index is 0.278. The second-order valence-corrected chi connectivity index (χ2v) is 5.13. The van der Waals surface area contributed by atoms with Crippen molar-refractivity contribution in [1.29, 1.82) is 0 Å². The summed E-state index contributed by atoms with van der Waals surface area (Å²) in [5, 5.41) is 6.54. The van der Waals surface area contributed by atoms with Crippen molar-refractivity contribution in [2.45, 2.75) is 18.9 Å². The van der Waals surface area contributed by atoms with Crippen LogP contribution in [0.1, 0.15) is 12.8 Å². The van der Waals surface area contributed by atoms with Crippen LogP contribution in [-0.4, -0.2) is 36.3 Å². The Kier molecular flexibility index (Phi) is 4.70. The molecule has 116 valence electrons. The fourth-order valence-electron chi connectivity index (χ4n) is 2.43. The molecule has 2 aromatic rings. The van der Waals surface area contributed by atoms with E-state index in [2.05, 4.69) is 20.6 Å². The van der Waals surface area contributed by atoms with E-state index in [4.69, 9.17) is 9.47 Å². The molecular weight excluding hydrogens is 280 g/mol. The summed E-state index contributed by atoms with van der Waals surface area (Å²) in [4.78, 5) is 8.48. The van der Waals surface area contributed by atoms with E-state index in [1.54, 1.807) is 7.11 Å². The van der Waals surface area contributed by atoms with Gasteiger partial charge in [0, 0.05) is 19.2 Å². The molecule has 2 N–H and O–H groups in total. The van der Waals surface area contributed by atoms with Gasteiger partial charge < -0.3 is 20.1 Å². The molecule has 1 atom stereocenters. The molecule has 2 heterocycles. The first-order valence-electron chi connectivity index (χ1n) is 7.43. The normalized spacial score (nSPS) is 17.2. The molecule has 22 heavy (non-hydrogen) atoms. The number of methoxy groups -OCH3 is 1. The molecular formula is C16H20N4O2. The lowest BCUT2D eigenvalue weighted by Crippen LogP contribution is -2.19. The molecule has 6 heteroatoms. The van der Waals surface area contributed by atoms with E-state index in [-0.39, 0.29) is 6.10 Å². The van der Waals surface area contributed by atoms with Crippen molar-refractivity contribution in [2.75, 3.05) is 30.9 Å². The quantitative estimate of drug-likeness (QED) is 0.855. The molecule has 1 saturated heterocycles. The van der Waals surface area contributed by atoms with Crippen molar-refractivity contribution in [3.8, 4) is 5.75 Å². The van der Waals surface area contributed by atoms with Crippen LogP contribution in [0.15, 0.2) is 36.7 Å². The summed E-state index contributed by atoms with van der Waals surface area (Å²) >= 11 is 0. The summed E-state index contributed by atoms with van der Waals surface area (Å²) in [6, 6.07) is 9.60. The summed E-state index contributed by atoms with van der Waals surface area (Å²) < 4.78 is 10.9. The van der Waals surface area contributed by atoms with Gasteiger partial charge in [0.05, 0.1) is 18.9 Å². The maximum Gasteiger partial charge on any atom is 0.142 e. The van der Waals surface area contributed by atoms with Gasteiger partial charge in [0.1, 0.15) is 23.7 Å². The molecule has 3 rings (SSSR count). The lowest BCUT2D eigenvalue weighted by molar-refractivity contribution is 0.120. The second kappa shape index (κ2) is 7.09. The van der Waals surface area contributed by atoms with Crippen molar-refractivity contribution in [1.82, 2.24) is 9.97 Å². The Balaban J connectivity index is 1.65. The van der Waals surface area contributed by atoms with E-state index in [1.807, 2.05) is 30.3 Å². The van der Waals surface area contributed by atoms with E-state index < -0.39 is 0 Å². The molecule has 0 amide bonds. The third-order valence-electron chi connectivity index (χ3n) is 3.57. The molecule has 0 radical (unpaired) electrons. The van der Waals surface area contributed by atoms with Gasteiger partial charge in [-0.15, -0.1) is 0 Å². The Labute approximate surface area is 129 Å². The zero-order valence-corrected chi connectivity index (χ0v) is 12.6. The molecule has 1 aromatic heterocycles. The van der Waals surface area contributed by atoms with Gasteiger partial charge in [-0.3, -0.25) is 0 Å². The van der Waals surface area contributed by atoms with Gasteiger partial charge in [-0.2, -0.15) is 0 Å². The molecule has 0 bridgehead atoms. The van der Waals surface area contributed by atoms with Gasteiger partial charge in [-0.25, -0.2) is 9.97 Å². The topological polar surface area (TPSA) is 68.3 Å². The number of hydrogen-bond donors (Lipinski definition) is 2. The minimum Gasteiger partial charge on any atom is -0.495 e. The van der Waals surface area contributed by atoms with Gasteiger partial charge in [0.25, 0.3) is 0 Å². The molecule has 0 spiro atoms.